The van der Waals surface area contributed by atoms with E-state index < -0.39 is 10.0 Å². The van der Waals surface area contributed by atoms with Gasteiger partial charge in [-0.1, -0.05) is 6.07 Å². The predicted octanol–water partition coefficient (Wildman–Crippen LogP) is 1.90. The monoisotopic (exact) mass is 284 g/mol. The molecule has 5 nitrogen and oxygen atoms in total. The number of rotatable bonds is 5. The summed E-state index contributed by atoms with van der Waals surface area (Å²) in [5.74, 6) is 0.625. The second-order valence-electron chi connectivity index (χ2n) is 4.89. The van der Waals surface area contributed by atoms with Crippen molar-refractivity contribution in [1.82, 2.24) is 0 Å². The molecule has 0 saturated carbocycles. The number of hydrogen-bond donors (Lipinski definition) is 2. The second-order valence-corrected chi connectivity index (χ2v) is 6.64. The van der Waals surface area contributed by atoms with Crippen LogP contribution >= 0.6 is 0 Å². The molecule has 0 bridgehead atoms. The highest BCUT2D eigenvalue weighted by molar-refractivity contribution is 7.92. The smallest absolute Gasteiger partial charge is 0.229 e. The molecule has 1 aliphatic heterocycles. The summed E-state index contributed by atoms with van der Waals surface area (Å²) in [5, 5.41) is 3.35. The molecule has 0 aromatic heterocycles. The van der Waals surface area contributed by atoms with Crippen LogP contribution in [0.1, 0.15) is 12.8 Å². The number of sulfonamides is 1. The van der Waals surface area contributed by atoms with Crippen molar-refractivity contribution in [2.75, 3.05) is 36.1 Å². The maximum atomic E-state index is 11.2. The Bertz CT molecular complexity index is 510. The SMILES string of the molecule is CS(=O)(=O)Nc1cccc(NCC2CCOCC2)c1. The van der Waals surface area contributed by atoms with E-state index in [2.05, 4.69) is 10.0 Å². The number of hydrogen-bond acceptors (Lipinski definition) is 4. The molecule has 0 aliphatic carbocycles. The summed E-state index contributed by atoms with van der Waals surface area (Å²) in [6.45, 7) is 2.57. The van der Waals surface area contributed by atoms with Crippen LogP contribution in [-0.2, 0) is 14.8 Å². The maximum Gasteiger partial charge on any atom is 0.229 e. The highest BCUT2D eigenvalue weighted by Crippen LogP contribution is 2.19. The van der Waals surface area contributed by atoms with Crippen LogP contribution < -0.4 is 10.0 Å². The lowest BCUT2D eigenvalue weighted by Gasteiger charge is -2.22. The minimum atomic E-state index is -3.22. The molecule has 1 aromatic rings. The van der Waals surface area contributed by atoms with E-state index in [0.29, 0.717) is 11.6 Å². The Labute approximate surface area is 114 Å². The van der Waals surface area contributed by atoms with Crippen molar-refractivity contribution in [1.29, 1.82) is 0 Å². The molecule has 2 N–H and O–H groups in total. The van der Waals surface area contributed by atoms with Crippen molar-refractivity contribution in [2.24, 2.45) is 5.92 Å². The molecule has 1 heterocycles. The first kappa shape index (κ1) is 14.1. The van der Waals surface area contributed by atoms with E-state index in [4.69, 9.17) is 4.74 Å². The van der Waals surface area contributed by atoms with Gasteiger partial charge in [0.25, 0.3) is 0 Å². The molecule has 0 amide bonds. The van der Waals surface area contributed by atoms with E-state index in [0.717, 1.165) is 44.5 Å². The number of ether oxygens (including phenoxy) is 1. The van der Waals surface area contributed by atoms with Gasteiger partial charge >= 0.3 is 0 Å². The van der Waals surface area contributed by atoms with Gasteiger partial charge in [0.15, 0.2) is 0 Å². The van der Waals surface area contributed by atoms with Crippen molar-refractivity contribution >= 4 is 21.4 Å². The maximum absolute atomic E-state index is 11.2. The molecule has 0 unspecified atom stereocenters. The molecule has 6 heteroatoms. The van der Waals surface area contributed by atoms with Gasteiger partial charge in [-0.3, -0.25) is 4.72 Å². The van der Waals surface area contributed by atoms with E-state index >= 15 is 0 Å². The topological polar surface area (TPSA) is 67.4 Å². The van der Waals surface area contributed by atoms with Crippen LogP contribution in [-0.4, -0.2) is 34.4 Å². The van der Waals surface area contributed by atoms with E-state index in [-0.39, 0.29) is 0 Å². The molecule has 0 atom stereocenters. The van der Waals surface area contributed by atoms with E-state index in [1.807, 2.05) is 12.1 Å². The molecule has 0 spiro atoms. The van der Waals surface area contributed by atoms with Gasteiger partial charge in [0.05, 0.1) is 11.9 Å². The average molecular weight is 284 g/mol. The average Bonchev–Trinajstić information content (AvgIpc) is 2.36. The fourth-order valence-electron chi connectivity index (χ4n) is 2.12. The van der Waals surface area contributed by atoms with Crippen LogP contribution in [0.3, 0.4) is 0 Å². The fourth-order valence-corrected chi connectivity index (χ4v) is 2.67. The minimum absolute atomic E-state index is 0.583. The van der Waals surface area contributed by atoms with Gasteiger partial charge in [-0.15, -0.1) is 0 Å². The molecule has 0 radical (unpaired) electrons. The molecule has 1 aliphatic rings. The highest BCUT2D eigenvalue weighted by atomic mass is 32.2. The summed E-state index contributed by atoms with van der Waals surface area (Å²) in [6.07, 6.45) is 3.30. The predicted molar refractivity (Wildman–Crippen MR) is 76.9 cm³/mol. The summed E-state index contributed by atoms with van der Waals surface area (Å²) < 4.78 is 30.1. The lowest BCUT2D eigenvalue weighted by molar-refractivity contribution is 0.0699. The Kier molecular flexibility index (Phi) is 4.66. The van der Waals surface area contributed by atoms with Crippen molar-refractivity contribution in [3.63, 3.8) is 0 Å². The minimum Gasteiger partial charge on any atom is -0.385 e. The molecule has 1 aromatic carbocycles. The van der Waals surface area contributed by atoms with Gasteiger partial charge in [0.1, 0.15) is 0 Å². The van der Waals surface area contributed by atoms with Gasteiger partial charge < -0.3 is 10.1 Å². The van der Waals surface area contributed by atoms with Crippen molar-refractivity contribution in [3.05, 3.63) is 24.3 Å². The first-order valence-corrected chi connectivity index (χ1v) is 8.31. The van der Waals surface area contributed by atoms with Crippen molar-refractivity contribution in [3.8, 4) is 0 Å². The van der Waals surface area contributed by atoms with Gasteiger partial charge in [-0.2, -0.15) is 0 Å². The summed E-state index contributed by atoms with van der Waals surface area (Å²) in [7, 11) is -3.22. The Morgan fingerprint density at radius 2 is 1.95 bits per heavy atom. The first-order valence-electron chi connectivity index (χ1n) is 6.42. The number of nitrogens with one attached hydrogen (secondary N) is 2. The lowest BCUT2D eigenvalue weighted by Crippen LogP contribution is -2.22. The molecule has 2 rings (SSSR count). The Morgan fingerprint density at radius 1 is 1.26 bits per heavy atom. The zero-order valence-electron chi connectivity index (χ0n) is 11.1. The highest BCUT2D eigenvalue weighted by Gasteiger charge is 2.13. The third-order valence-corrected chi connectivity index (χ3v) is 3.71. The first-order chi connectivity index (χ1) is 9.03. The normalized spacial score (nSPS) is 17.1. The van der Waals surface area contributed by atoms with Crippen molar-refractivity contribution in [2.45, 2.75) is 12.8 Å². The molecule has 1 saturated heterocycles. The zero-order chi connectivity index (χ0) is 13.7. The van der Waals surface area contributed by atoms with Crippen LogP contribution in [0.5, 0.6) is 0 Å². The number of anilines is 2. The van der Waals surface area contributed by atoms with Crippen LogP contribution in [0.15, 0.2) is 24.3 Å². The lowest BCUT2D eigenvalue weighted by atomic mass is 10.0. The van der Waals surface area contributed by atoms with Crippen molar-refractivity contribution < 1.29 is 13.2 Å². The van der Waals surface area contributed by atoms with E-state index in [1.165, 1.54) is 0 Å². The van der Waals surface area contributed by atoms with Gasteiger partial charge in [-0.25, -0.2) is 8.42 Å². The quantitative estimate of drug-likeness (QED) is 0.866. The Hall–Kier alpha value is -1.27. The summed E-state index contributed by atoms with van der Waals surface area (Å²) >= 11 is 0. The molecule has 1 fully saturated rings. The van der Waals surface area contributed by atoms with Gasteiger partial charge in [0.2, 0.25) is 10.0 Å². The largest absolute Gasteiger partial charge is 0.385 e. The molecule has 19 heavy (non-hydrogen) atoms. The number of benzene rings is 1. The van der Waals surface area contributed by atoms with Gasteiger partial charge in [-0.05, 0) is 37.0 Å². The summed E-state index contributed by atoms with van der Waals surface area (Å²) in [4.78, 5) is 0. The second kappa shape index (κ2) is 6.25. The third kappa shape index (κ3) is 5.08. The summed E-state index contributed by atoms with van der Waals surface area (Å²) in [6, 6.07) is 7.31. The van der Waals surface area contributed by atoms with Crippen LogP contribution in [0.25, 0.3) is 0 Å². The molecule has 106 valence electrons. The Balaban J connectivity index is 1.91. The van der Waals surface area contributed by atoms with Crippen LogP contribution in [0.4, 0.5) is 11.4 Å². The standard InChI is InChI=1S/C13H20N2O3S/c1-19(16,17)15-13-4-2-3-12(9-13)14-10-11-5-7-18-8-6-11/h2-4,9,11,14-15H,5-8,10H2,1H3. The van der Waals surface area contributed by atoms with E-state index in [1.54, 1.807) is 12.1 Å². The third-order valence-electron chi connectivity index (χ3n) is 3.10. The van der Waals surface area contributed by atoms with Gasteiger partial charge in [0, 0.05) is 25.4 Å². The Morgan fingerprint density at radius 3 is 2.63 bits per heavy atom. The van der Waals surface area contributed by atoms with Crippen LogP contribution in [0, 0.1) is 5.92 Å². The van der Waals surface area contributed by atoms with E-state index in [9.17, 15) is 8.42 Å². The fraction of sp³-hybridized carbons (Fsp3) is 0.538. The zero-order valence-corrected chi connectivity index (χ0v) is 11.9. The van der Waals surface area contributed by atoms with Crippen LogP contribution in [0.2, 0.25) is 0 Å². The molecular formula is C13H20N2O3S. The summed E-state index contributed by atoms with van der Waals surface area (Å²) in [5.41, 5.74) is 1.51. The molecular weight excluding hydrogens is 264 g/mol.